The smallest absolute Gasteiger partial charge is 0.131 e. The molecule has 2 aromatic heterocycles. The van der Waals surface area contributed by atoms with Crippen molar-refractivity contribution >= 4 is 5.82 Å². The fourth-order valence-electron chi connectivity index (χ4n) is 2.84. The Labute approximate surface area is 125 Å². The highest BCUT2D eigenvalue weighted by Gasteiger charge is 2.26. The van der Waals surface area contributed by atoms with Gasteiger partial charge in [-0.05, 0) is 30.5 Å². The Hall–Kier alpha value is -2.01. The highest BCUT2D eigenvalue weighted by molar-refractivity contribution is 5.37. The van der Waals surface area contributed by atoms with Crippen LogP contribution >= 0.6 is 0 Å². The Kier molecular flexibility index (Phi) is 4.40. The average Bonchev–Trinajstić information content (AvgIpc) is 3.03. The Morgan fingerprint density at radius 1 is 1.29 bits per heavy atom. The zero-order chi connectivity index (χ0) is 14.5. The second-order valence-corrected chi connectivity index (χ2v) is 5.53. The van der Waals surface area contributed by atoms with E-state index >= 15 is 0 Å². The molecule has 0 amide bonds. The van der Waals surface area contributed by atoms with Crippen LogP contribution in [0.1, 0.15) is 12.0 Å². The van der Waals surface area contributed by atoms with Crippen LogP contribution in [0.15, 0.2) is 43.1 Å². The zero-order valence-electron chi connectivity index (χ0n) is 12.4. The first-order valence-electron chi connectivity index (χ1n) is 7.43. The van der Waals surface area contributed by atoms with Crippen molar-refractivity contribution in [3.8, 4) is 0 Å². The van der Waals surface area contributed by atoms with Crippen LogP contribution in [0, 0.1) is 0 Å². The first kappa shape index (κ1) is 13.9. The average molecular weight is 283 g/mol. The van der Waals surface area contributed by atoms with Gasteiger partial charge in [0.1, 0.15) is 12.1 Å². The van der Waals surface area contributed by atoms with E-state index in [4.69, 9.17) is 0 Å². The van der Waals surface area contributed by atoms with E-state index < -0.39 is 0 Å². The lowest BCUT2D eigenvalue weighted by Gasteiger charge is -2.25. The van der Waals surface area contributed by atoms with E-state index in [9.17, 15) is 0 Å². The zero-order valence-corrected chi connectivity index (χ0v) is 12.4. The molecular formula is C16H21N5. The molecule has 1 aliphatic rings. The first-order chi connectivity index (χ1) is 10.3. The molecule has 1 saturated heterocycles. The van der Waals surface area contributed by atoms with Gasteiger partial charge in [-0.2, -0.15) is 0 Å². The molecule has 110 valence electrons. The van der Waals surface area contributed by atoms with Gasteiger partial charge < -0.3 is 9.80 Å². The molecule has 0 radical (unpaired) electrons. The molecule has 1 unspecified atom stereocenters. The molecule has 5 heteroatoms. The summed E-state index contributed by atoms with van der Waals surface area (Å²) in [5.74, 6) is 1.00. The van der Waals surface area contributed by atoms with Gasteiger partial charge in [-0.1, -0.05) is 6.07 Å². The summed E-state index contributed by atoms with van der Waals surface area (Å²) in [6, 6.07) is 6.66. The molecule has 21 heavy (non-hydrogen) atoms. The minimum absolute atomic E-state index is 0.536. The molecule has 3 rings (SSSR count). The predicted molar refractivity (Wildman–Crippen MR) is 83.2 cm³/mol. The number of hydrogen-bond acceptors (Lipinski definition) is 5. The van der Waals surface area contributed by atoms with E-state index in [0.717, 1.165) is 31.9 Å². The van der Waals surface area contributed by atoms with Crippen molar-refractivity contribution in [2.45, 2.75) is 18.9 Å². The van der Waals surface area contributed by atoms with E-state index in [2.05, 4.69) is 37.9 Å². The fourth-order valence-corrected chi connectivity index (χ4v) is 2.84. The number of rotatable bonds is 5. The minimum Gasteiger partial charge on any atom is -0.355 e. The minimum atomic E-state index is 0.536. The monoisotopic (exact) mass is 283 g/mol. The third-order valence-electron chi connectivity index (χ3n) is 4.16. The standard InChI is InChI=1S/C16H21N5/c1-20(16-4-8-18-13-19-16)15-6-10-21(12-15)9-5-14-3-2-7-17-11-14/h2-4,7-8,11,13,15H,5-6,9-10,12H2,1H3. The molecule has 5 nitrogen and oxygen atoms in total. The van der Waals surface area contributed by atoms with Crippen LogP contribution in [-0.2, 0) is 6.42 Å². The topological polar surface area (TPSA) is 45.2 Å². The Balaban J connectivity index is 1.51. The molecule has 0 saturated carbocycles. The van der Waals surface area contributed by atoms with Gasteiger partial charge in [-0.3, -0.25) is 4.98 Å². The maximum absolute atomic E-state index is 4.33. The van der Waals surface area contributed by atoms with Crippen molar-refractivity contribution in [1.82, 2.24) is 19.9 Å². The van der Waals surface area contributed by atoms with Crippen LogP contribution in [0.3, 0.4) is 0 Å². The number of aromatic nitrogens is 3. The third kappa shape index (κ3) is 3.55. The fraction of sp³-hybridized carbons (Fsp3) is 0.438. The van der Waals surface area contributed by atoms with E-state index in [0.29, 0.717) is 6.04 Å². The quantitative estimate of drug-likeness (QED) is 0.834. The highest BCUT2D eigenvalue weighted by atomic mass is 15.3. The lowest BCUT2D eigenvalue weighted by molar-refractivity contribution is 0.337. The van der Waals surface area contributed by atoms with Crippen LogP contribution in [0.2, 0.25) is 0 Å². The van der Waals surface area contributed by atoms with Gasteiger partial charge in [-0.15, -0.1) is 0 Å². The number of pyridine rings is 1. The summed E-state index contributed by atoms with van der Waals surface area (Å²) in [4.78, 5) is 17.3. The van der Waals surface area contributed by atoms with E-state index in [1.807, 2.05) is 24.5 Å². The van der Waals surface area contributed by atoms with Gasteiger partial charge in [0.25, 0.3) is 0 Å². The normalized spacial score (nSPS) is 18.8. The molecule has 1 aliphatic heterocycles. The summed E-state index contributed by atoms with van der Waals surface area (Å²) < 4.78 is 0. The summed E-state index contributed by atoms with van der Waals surface area (Å²) in [6.45, 7) is 3.35. The number of nitrogens with zero attached hydrogens (tertiary/aromatic N) is 5. The van der Waals surface area contributed by atoms with Gasteiger partial charge in [0.2, 0.25) is 0 Å². The summed E-state index contributed by atoms with van der Waals surface area (Å²) in [5, 5.41) is 0. The third-order valence-corrected chi connectivity index (χ3v) is 4.16. The molecule has 0 bridgehead atoms. The summed E-state index contributed by atoms with van der Waals surface area (Å²) >= 11 is 0. The predicted octanol–water partition coefficient (Wildman–Crippen LogP) is 1.62. The largest absolute Gasteiger partial charge is 0.355 e. The molecule has 2 aromatic rings. The van der Waals surface area contributed by atoms with Gasteiger partial charge in [0.15, 0.2) is 0 Å². The molecule has 0 aromatic carbocycles. The lowest BCUT2D eigenvalue weighted by atomic mass is 10.2. The maximum atomic E-state index is 4.33. The van der Waals surface area contributed by atoms with Crippen molar-refractivity contribution in [2.75, 3.05) is 31.6 Å². The van der Waals surface area contributed by atoms with Crippen molar-refractivity contribution in [3.05, 3.63) is 48.7 Å². The Morgan fingerprint density at radius 3 is 3.00 bits per heavy atom. The summed E-state index contributed by atoms with van der Waals surface area (Å²) in [5.41, 5.74) is 1.31. The SMILES string of the molecule is CN(c1ccncn1)C1CCN(CCc2cccnc2)C1. The summed E-state index contributed by atoms with van der Waals surface area (Å²) in [6.07, 6.45) is 9.45. The van der Waals surface area contributed by atoms with Gasteiger partial charge >= 0.3 is 0 Å². The number of likely N-dealkylation sites (tertiary alicyclic amines) is 1. The highest BCUT2D eigenvalue weighted by Crippen LogP contribution is 2.19. The first-order valence-corrected chi connectivity index (χ1v) is 7.43. The van der Waals surface area contributed by atoms with Gasteiger partial charge in [0, 0.05) is 51.3 Å². The van der Waals surface area contributed by atoms with E-state index in [1.54, 1.807) is 12.5 Å². The molecular weight excluding hydrogens is 262 g/mol. The Bertz CT molecular complexity index is 545. The van der Waals surface area contributed by atoms with Crippen molar-refractivity contribution < 1.29 is 0 Å². The van der Waals surface area contributed by atoms with Gasteiger partial charge in [0.05, 0.1) is 0 Å². The molecule has 1 atom stereocenters. The van der Waals surface area contributed by atoms with Crippen molar-refractivity contribution in [3.63, 3.8) is 0 Å². The second kappa shape index (κ2) is 6.63. The molecule has 1 fully saturated rings. The van der Waals surface area contributed by atoms with Crippen molar-refractivity contribution in [2.24, 2.45) is 0 Å². The van der Waals surface area contributed by atoms with E-state index in [1.165, 1.54) is 12.0 Å². The van der Waals surface area contributed by atoms with Crippen LogP contribution < -0.4 is 4.90 Å². The summed E-state index contributed by atoms with van der Waals surface area (Å²) in [7, 11) is 2.12. The van der Waals surface area contributed by atoms with Crippen LogP contribution in [0.25, 0.3) is 0 Å². The Morgan fingerprint density at radius 2 is 2.24 bits per heavy atom. The lowest BCUT2D eigenvalue weighted by Crippen LogP contribution is -2.35. The van der Waals surface area contributed by atoms with Crippen LogP contribution in [-0.4, -0.2) is 52.6 Å². The number of likely N-dealkylation sites (N-methyl/N-ethyl adjacent to an activating group) is 1. The molecule has 0 N–H and O–H groups in total. The van der Waals surface area contributed by atoms with E-state index in [-0.39, 0.29) is 0 Å². The van der Waals surface area contributed by atoms with Crippen LogP contribution in [0.5, 0.6) is 0 Å². The number of hydrogen-bond donors (Lipinski definition) is 0. The number of anilines is 1. The molecule has 0 aliphatic carbocycles. The van der Waals surface area contributed by atoms with Crippen LogP contribution in [0.4, 0.5) is 5.82 Å². The van der Waals surface area contributed by atoms with Crippen molar-refractivity contribution in [1.29, 1.82) is 0 Å². The molecule has 0 spiro atoms. The maximum Gasteiger partial charge on any atom is 0.131 e. The molecule has 3 heterocycles. The second-order valence-electron chi connectivity index (χ2n) is 5.53. The van der Waals surface area contributed by atoms with Gasteiger partial charge in [-0.25, -0.2) is 9.97 Å².